The minimum atomic E-state index is -0.473. The van der Waals surface area contributed by atoms with Crippen LogP contribution in [0, 0.1) is 0 Å². The minimum Gasteiger partial charge on any atom is -0.452 e. The van der Waals surface area contributed by atoms with Gasteiger partial charge in [0.15, 0.2) is 6.61 Å². The van der Waals surface area contributed by atoms with Gasteiger partial charge in [0.1, 0.15) is 0 Å². The summed E-state index contributed by atoms with van der Waals surface area (Å²) in [7, 11) is 0. The molecule has 6 heteroatoms. The Labute approximate surface area is 126 Å². The first-order valence-corrected chi connectivity index (χ1v) is 6.63. The molecular formula is C16H13N3O3. The van der Waals surface area contributed by atoms with E-state index in [2.05, 4.69) is 10.2 Å². The van der Waals surface area contributed by atoms with Crippen LogP contribution < -0.4 is 5.73 Å². The van der Waals surface area contributed by atoms with Crippen molar-refractivity contribution >= 4 is 11.7 Å². The van der Waals surface area contributed by atoms with Crippen molar-refractivity contribution in [3.8, 4) is 11.5 Å². The maximum absolute atomic E-state index is 11.9. The first-order chi connectivity index (χ1) is 10.7. The van der Waals surface area contributed by atoms with E-state index in [-0.39, 0.29) is 12.5 Å². The molecule has 0 radical (unpaired) electrons. The lowest BCUT2D eigenvalue weighted by Crippen LogP contribution is -2.05. The first kappa shape index (κ1) is 13.8. The van der Waals surface area contributed by atoms with Gasteiger partial charge in [0.25, 0.3) is 5.89 Å². The summed E-state index contributed by atoms with van der Waals surface area (Å²) in [5.41, 5.74) is 7.37. The Bertz CT molecular complexity index is 767. The van der Waals surface area contributed by atoms with Crippen molar-refractivity contribution in [3.63, 3.8) is 0 Å². The number of anilines is 1. The van der Waals surface area contributed by atoms with Crippen molar-refractivity contribution in [3.05, 3.63) is 66.1 Å². The predicted molar refractivity (Wildman–Crippen MR) is 79.7 cm³/mol. The number of nitrogen functional groups attached to an aromatic ring is 1. The summed E-state index contributed by atoms with van der Waals surface area (Å²) in [6, 6.07) is 15.8. The van der Waals surface area contributed by atoms with Crippen molar-refractivity contribution in [1.82, 2.24) is 10.2 Å². The predicted octanol–water partition coefficient (Wildman–Crippen LogP) is 2.68. The fourth-order valence-corrected chi connectivity index (χ4v) is 1.84. The number of benzene rings is 2. The molecular weight excluding hydrogens is 282 g/mol. The van der Waals surface area contributed by atoms with Crippen LogP contribution in [0.25, 0.3) is 11.5 Å². The lowest BCUT2D eigenvalue weighted by atomic mass is 10.2. The highest BCUT2D eigenvalue weighted by molar-refractivity contribution is 5.89. The number of esters is 1. The molecule has 0 amide bonds. The van der Waals surface area contributed by atoms with E-state index in [1.54, 1.807) is 24.3 Å². The molecule has 1 aromatic heterocycles. The Morgan fingerprint density at radius 3 is 2.50 bits per heavy atom. The van der Waals surface area contributed by atoms with Crippen LogP contribution in [0.3, 0.4) is 0 Å². The molecule has 110 valence electrons. The number of nitrogens with two attached hydrogens (primary N) is 1. The quantitative estimate of drug-likeness (QED) is 0.587. The number of carbonyl (C=O) groups excluding carboxylic acids is 1. The maximum atomic E-state index is 11.9. The van der Waals surface area contributed by atoms with Crippen molar-refractivity contribution in [2.75, 3.05) is 5.73 Å². The molecule has 2 N–H and O–H groups in total. The second kappa shape index (κ2) is 6.09. The summed E-state index contributed by atoms with van der Waals surface area (Å²) >= 11 is 0. The molecule has 22 heavy (non-hydrogen) atoms. The standard InChI is InChI=1S/C16H13N3O3/c17-13-8-6-12(7-9-13)16(20)21-10-14-18-19-15(22-14)11-4-2-1-3-5-11/h1-9H,10,17H2. The number of hydrogen-bond donors (Lipinski definition) is 1. The van der Waals surface area contributed by atoms with Crippen LogP contribution in [0.5, 0.6) is 0 Å². The van der Waals surface area contributed by atoms with E-state index in [1.807, 2.05) is 30.3 Å². The van der Waals surface area contributed by atoms with E-state index >= 15 is 0 Å². The van der Waals surface area contributed by atoms with Gasteiger partial charge in [0.05, 0.1) is 5.56 Å². The largest absolute Gasteiger partial charge is 0.452 e. The van der Waals surface area contributed by atoms with Crippen LogP contribution in [-0.2, 0) is 11.3 Å². The molecule has 0 saturated heterocycles. The molecule has 0 aliphatic rings. The fourth-order valence-electron chi connectivity index (χ4n) is 1.84. The van der Waals surface area contributed by atoms with Crippen LogP contribution in [0.15, 0.2) is 59.0 Å². The van der Waals surface area contributed by atoms with Gasteiger partial charge in [-0.05, 0) is 36.4 Å². The van der Waals surface area contributed by atoms with E-state index in [1.165, 1.54) is 0 Å². The van der Waals surface area contributed by atoms with E-state index in [0.29, 0.717) is 17.1 Å². The SMILES string of the molecule is Nc1ccc(C(=O)OCc2nnc(-c3ccccc3)o2)cc1. The van der Waals surface area contributed by atoms with Crippen molar-refractivity contribution < 1.29 is 13.9 Å². The molecule has 3 aromatic rings. The Morgan fingerprint density at radius 1 is 1.05 bits per heavy atom. The average molecular weight is 295 g/mol. The van der Waals surface area contributed by atoms with Gasteiger partial charge in [-0.25, -0.2) is 4.79 Å². The van der Waals surface area contributed by atoms with Crippen LogP contribution in [0.2, 0.25) is 0 Å². The highest BCUT2D eigenvalue weighted by Gasteiger charge is 2.12. The summed E-state index contributed by atoms with van der Waals surface area (Å²) in [4.78, 5) is 11.9. The highest BCUT2D eigenvalue weighted by atomic mass is 16.5. The Hall–Kier alpha value is -3.15. The average Bonchev–Trinajstić information content (AvgIpc) is 3.03. The van der Waals surface area contributed by atoms with Crippen LogP contribution in [0.4, 0.5) is 5.69 Å². The zero-order valence-corrected chi connectivity index (χ0v) is 11.6. The van der Waals surface area contributed by atoms with Gasteiger partial charge in [-0.3, -0.25) is 0 Å². The normalized spacial score (nSPS) is 10.4. The van der Waals surface area contributed by atoms with Crippen LogP contribution >= 0.6 is 0 Å². The fraction of sp³-hybridized carbons (Fsp3) is 0.0625. The smallest absolute Gasteiger partial charge is 0.338 e. The third-order valence-corrected chi connectivity index (χ3v) is 2.96. The Morgan fingerprint density at radius 2 is 1.77 bits per heavy atom. The molecule has 0 unspecified atom stereocenters. The Kier molecular flexibility index (Phi) is 3.82. The van der Waals surface area contributed by atoms with Gasteiger partial charge in [0.2, 0.25) is 5.89 Å². The summed E-state index contributed by atoms with van der Waals surface area (Å²) < 4.78 is 10.6. The van der Waals surface area contributed by atoms with Gasteiger partial charge in [-0.2, -0.15) is 0 Å². The van der Waals surface area contributed by atoms with Gasteiger partial charge in [0, 0.05) is 11.3 Å². The number of aromatic nitrogens is 2. The van der Waals surface area contributed by atoms with Gasteiger partial charge in [-0.15, -0.1) is 10.2 Å². The first-order valence-electron chi connectivity index (χ1n) is 6.63. The summed E-state index contributed by atoms with van der Waals surface area (Å²) in [6.45, 7) is -0.0803. The van der Waals surface area contributed by atoms with Crippen LogP contribution in [-0.4, -0.2) is 16.2 Å². The zero-order valence-electron chi connectivity index (χ0n) is 11.6. The molecule has 0 saturated carbocycles. The van der Waals surface area contributed by atoms with E-state index < -0.39 is 5.97 Å². The maximum Gasteiger partial charge on any atom is 0.338 e. The zero-order chi connectivity index (χ0) is 15.4. The van der Waals surface area contributed by atoms with Crippen molar-refractivity contribution in [2.45, 2.75) is 6.61 Å². The molecule has 3 rings (SSSR count). The lowest BCUT2D eigenvalue weighted by molar-refractivity contribution is 0.0438. The number of hydrogen-bond acceptors (Lipinski definition) is 6. The highest BCUT2D eigenvalue weighted by Crippen LogP contribution is 2.17. The molecule has 0 atom stereocenters. The molecule has 0 bridgehead atoms. The third-order valence-electron chi connectivity index (χ3n) is 2.96. The van der Waals surface area contributed by atoms with Crippen molar-refractivity contribution in [1.29, 1.82) is 0 Å². The van der Waals surface area contributed by atoms with E-state index in [9.17, 15) is 4.79 Å². The molecule has 0 fully saturated rings. The monoisotopic (exact) mass is 295 g/mol. The number of carbonyl (C=O) groups is 1. The summed E-state index contributed by atoms with van der Waals surface area (Å²) in [6.07, 6.45) is 0. The minimum absolute atomic E-state index is 0.0803. The van der Waals surface area contributed by atoms with Gasteiger partial charge < -0.3 is 14.9 Å². The summed E-state index contributed by atoms with van der Waals surface area (Å²) in [5.74, 6) is 0.154. The topological polar surface area (TPSA) is 91.2 Å². The lowest BCUT2D eigenvalue weighted by Gasteiger charge is -2.02. The van der Waals surface area contributed by atoms with Crippen LogP contribution in [0.1, 0.15) is 16.2 Å². The van der Waals surface area contributed by atoms with E-state index in [4.69, 9.17) is 14.9 Å². The van der Waals surface area contributed by atoms with Gasteiger partial charge in [-0.1, -0.05) is 18.2 Å². The summed E-state index contributed by atoms with van der Waals surface area (Å²) in [5, 5.41) is 7.78. The number of nitrogens with zero attached hydrogens (tertiary/aromatic N) is 2. The second-order valence-electron chi connectivity index (χ2n) is 4.57. The number of ether oxygens (including phenoxy) is 1. The van der Waals surface area contributed by atoms with Crippen molar-refractivity contribution in [2.24, 2.45) is 0 Å². The second-order valence-corrected chi connectivity index (χ2v) is 4.57. The number of rotatable bonds is 4. The molecule has 0 spiro atoms. The molecule has 0 aliphatic heterocycles. The molecule has 2 aromatic carbocycles. The molecule has 0 aliphatic carbocycles. The third kappa shape index (κ3) is 3.12. The van der Waals surface area contributed by atoms with Gasteiger partial charge >= 0.3 is 5.97 Å². The molecule has 1 heterocycles. The Balaban J connectivity index is 1.64. The molecule has 6 nitrogen and oxygen atoms in total. The van der Waals surface area contributed by atoms with E-state index in [0.717, 1.165) is 5.56 Å².